The molecule has 0 aromatic heterocycles. The smallest absolute Gasteiger partial charge is 0.0509 e. The summed E-state index contributed by atoms with van der Waals surface area (Å²) in [6, 6.07) is 11.4. The third kappa shape index (κ3) is 4.05. The Hall–Kier alpha value is -0.860. The van der Waals surface area contributed by atoms with Crippen LogP contribution in [0, 0.1) is 11.8 Å². The van der Waals surface area contributed by atoms with E-state index < -0.39 is 0 Å². The van der Waals surface area contributed by atoms with Crippen molar-refractivity contribution in [2.45, 2.75) is 39.2 Å². The summed E-state index contributed by atoms with van der Waals surface area (Å²) in [5.41, 5.74) is 1.44. The molecule has 1 aliphatic rings. The first kappa shape index (κ1) is 14.5. The Morgan fingerprint density at radius 2 is 1.95 bits per heavy atom. The highest BCUT2D eigenvalue weighted by Crippen LogP contribution is 2.24. The molecule has 1 saturated heterocycles. The lowest BCUT2D eigenvalue weighted by Crippen LogP contribution is -2.37. The zero-order valence-electron chi connectivity index (χ0n) is 12.4. The second-order valence-corrected chi connectivity index (χ2v) is 6.08. The van der Waals surface area contributed by atoms with Crippen LogP contribution in [0.15, 0.2) is 30.3 Å². The Morgan fingerprint density at radius 1 is 1.21 bits per heavy atom. The highest BCUT2D eigenvalue weighted by atomic mass is 16.5. The molecule has 3 unspecified atom stereocenters. The molecule has 1 aliphatic heterocycles. The number of nitrogens with one attached hydrogen (secondary N) is 1. The molecular formula is C17H27NO. The first-order valence-electron chi connectivity index (χ1n) is 7.54. The van der Waals surface area contributed by atoms with Crippen molar-refractivity contribution in [3.8, 4) is 0 Å². The van der Waals surface area contributed by atoms with Crippen molar-refractivity contribution >= 4 is 0 Å². The second kappa shape index (κ2) is 7.06. The van der Waals surface area contributed by atoms with Gasteiger partial charge < -0.3 is 10.1 Å². The summed E-state index contributed by atoms with van der Waals surface area (Å²) in [5, 5.41) is 3.72. The van der Waals surface area contributed by atoms with Crippen molar-refractivity contribution in [3.05, 3.63) is 35.9 Å². The van der Waals surface area contributed by atoms with E-state index in [2.05, 4.69) is 56.4 Å². The van der Waals surface area contributed by atoms with Crippen LogP contribution in [-0.4, -0.2) is 25.8 Å². The fourth-order valence-electron chi connectivity index (χ4n) is 2.87. The Morgan fingerprint density at radius 3 is 2.53 bits per heavy atom. The lowest BCUT2D eigenvalue weighted by atomic mass is 9.88. The van der Waals surface area contributed by atoms with Crippen LogP contribution < -0.4 is 5.32 Å². The summed E-state index contributed by atoms with van der Waals surface area (Å²) in [6.07, 6.45) is 1.20. The van der Waals surface area contributed by atoms with Gasteiger partial charge in [-0.1, -0.05) is 44.2 Å². The quantitative estimate of drug-likeness (QED) is 0.847. The van der Waals surface area contributed by atoms with Gasteiger partial charge in [-0.05, 0) is 36.7 Å². The predicted molar refractivity (Wildman–Crippen MR) is 80.4 cm³/mol. The first-order chi connectivity index (χ1) is 9.18. The van der Waals surface area contributed by atoms with Crippen molar-refractivity contribution in [3.63, 3.8) is 0 Å². The van der Waals surface area contributed by atoms with Crippen LogP contribution in [0.2, 0.25) is 0 Å². The lowest BCUT2D eigenvalue weighted by Gasteiger charge is -2.26. The van der Waals surface area contributed by atoms with E-state index in [1.54, 1.807) is 0 Å². The van der Waals surface area contributed by atoms with Gasteiger partial charge in [0.05, 0.1) is 6.61 Å². The summed E-state index contributed by atoms with van der Waals surface area (Å²) in [7, 11) is 0. The minimum atomic E-state index is 0.549. The number of ether oxygens (including phenoxy) is 1. The fraction of sp³-hybridized carbons (Fsp3) is 0.647. The molecular weight excluding hydrogens is 234 g/mol. The molecule has 1 aromatic carbocycles. The lowest BCUT2D eigenvalue weighted by molar-refractivity contribution is 0.178. The van der Waals surface area contributed by atoms with E-state index in [-0.39, 0.29) is 0 Å². The SMILES string of the molecule is CC(C)C(CNC(C)C1CCOC1)c1ccccc1. The third-order valence-corrected chi connectivity index (χ3v) is 4.36. The van der Waals surface area contributed by atoms with Gasteiger partial charge in [-0.2, -0.15) is 0 Å². The normalized spacial score (nSPS) is 22.6. The maximum Gasteiger partial charge on any atom is 0.0509 e. The minimum absolute atomic E-state index is 0.549. The predicted octanol–water partition coefficient (Wildman–Crippen LogP) is 3.44. The van der Waals surface area contributed by atoms with Gasteiger partial charge in [0.25, 0.3) is 0 Å². The highest BCUT2D eigenvalue weighted by molar-refractivity contribution is 5.20. The van der Waals surface area contributed by atoms with Crippen LogP contribution in [0.3, 0.4) is 0 Å². The number of hydrogen-bond donors (Lipinski definition) is 1. The molecule has 1 N–H and O–H groups in total. The average molecular weight is 261 g/mol. The average Bonchev–Trinajstić information content (AvgIpc) is 2.93. The molecule has 1 aromatic rings. The molecule has 2 rings (SSSR count). The van der Waals surface area contributed by atoms with Crippen molar-refractivity contribution in [1.29, 1.82) is 0 Å². The molecule has 1 heterocycles. The van der Waals surface area contributed by atoms with Gasteiger partial charge >= 0.3 is 0 Å². The van der Waals surface area contributed by atoms with Gasteiger partial charge in [-0.3, -0.25) is 0 Å². The van der Waals surface area contributed by atoms with E-state index >= 15 is 0 Å². The van der Waals surface area contributed by atoms with Gasteiger partial charge in [-0.15, -0.1) is 0 Å². The summed E-state index contributed by atoms with van der Waals surface area (Å²) in [6.45, 7) is 9.82. The Kier molecular flexibility index (Phi) is 5.41. The number of hydrogen-bond acceptors (Lipinski definition) is 2. The van der Waals surface area contributed by atoms with Crippen LogP contribution in [0.5, 0.6) is 0 Å². The number of benzene rings is 1. The van der Waals surface area contributed by atoms with Crippen LogP contribution >= 0.6 is 0 Å². The van der Waals surface area contributed by atoms with Crippen LogP contribution in [-0.2, 0) is 4.74 Å². The van der Waals surface area contributed by atoms with E-state index in [4.69, 9.17) is 4.74 Å². The molecule has 0 amide bonds. The van der Waals surface area contributed by atoms with E-state index in [1.165, 1.54) is 12.0 Å². The molecule has 106 valence electrons. The van der Waals surface area contributed by atoms with Gasteiger partial charge in [-0.25, -0.2) is 0 Å². The third-order valence-electron chi connectivity index (χ3n) is 4.36. The Labute approximate surface area is 117 Å². The van der Waals surface area contributed by atoms with Crippen molar-refractivity contribution in [2.75, 3.05) is 19.8 Å². The maximum atomic E-state index is 5.48. The van der Waals surface area contributed by atoms with Gasteiger partial charge in [0.2, 0.25) is 0 Å². The number of rotatable bonds is 6. The second-order valence-electron chi connectivity index (χ2n) is 6.08. The molecule has 2 heteroatoms. The summed E-state index contributed by atoms with van der Waals surface area (Å²) in [5.74, 6) is 1.93. The Balaban J connectivity index is 1.90. The minimum Gasteiger partial charge on any atom is -0.381 e. The van der Waals surface area contributed by atoms with Crippen LogP contribution in [0.1, 0.15) is 38.7 Å². The largest absolute Gasteiger partial charge is 0.381 e. The molecule has 0 saturated carbocycles. The van der Waals surface area contributed by atoms with E-state index in [0.29, 0.717) is 23.8 Å². The molecule has 0 bridgehead atoms. The molecule has 19 heavy (non-hydrogen) atoms. The molecule has 1 fully saturated rings. The van der Waals surface area contributed by atoms with Crippen molar-refractivity contribution in [1.82, 2.24) is 5.32 Å². The van der Waals surface area contributed by atoms with Crippen molar-refractivity contribution in [2.24, 2.45) is 11.8 Å². The van der Waals surface area contributed by atoms with Crippen LogP contribution in [0.25, 0.3) is 0 Å². The first-order valence-corrected chi connectivity index (χ1v) is 7.54. The molecule has 0 aliphatic carbocycles. The van der Waals surface area contributed by atoms with Gasteiger partial charge in [0, 0.05) is 19.2 Å². The maximum absolute atomic E-state index is 5.48. The Bertz CT molecular complexity index is 357. The molecule has 0 spiro atoms. The summed E-state index contributed by atoms with van der Waals surface area (Å²) >= 11 is 0. The van der Waals surface area contributed by atoms with Crippen molar-refractivity contribution < 1.29 is 4.74 Å². The van der Waals surface area contributed by atoms with Gasteiger partial charge in [0.1, 0.15) is 0 Å². The van der Waals surface area contributed by atoms with E-state index in [9.17, 15) is 0 Å². The topological polar surface area (TPSA) is 21.3 Å². The fourth-order valence-corrected chi connectivity index (χ4v) is 2.87. The van der Waals surface area contributed by atoms with E-state index in [1.807, 2.05) is 0 Å². The van der Waals surface area contributed by atoms with E-state index in [0.717, 1.165) is 19.8 Å². The molecule has 2 nitrogen and oxygen atoms in total. The zero-order chi connectivity index (χ0) is 13.7. The zero-order valence-corrected chi connectivity index (χ0v) is 12.4. The molecule has 0 radical (unpaired) electrons. The summed E-state index contributed by atoms with van der Waals surface area (Å²) < 4.78 is 5.48. The van der Waals surface area contributed by atoms with Gasteiger partial charge in [0.15, 0.2) is 0 Å². The standard InChI is InChI=1S/C17H27NO/c1-13(2)17(15-7-5-4-6-8-15)11-18-14(3)16-9-10-19-12-16/h4-8,13-14,16-18H,9-12H2,1-3H3. The molecule has 3 atom stereocenters. The monoisotopic (exact) mass is 261 g/mol. The summed E-state index contributed by atoms with van der Waals surface area (Å²) in [4.78, 5) is 0. The van der Waals surface area contributed by atoms with Crippen LogP contribution in [0.4, 0.5) is 0 Å². The highest BCUT2D eigenvalue weighted by Gasteiger charge is 2.23.